The fourth-order valence-electron chi connectivity index (χ4n) is 2.24. The summed E-state index contributed by atoms with van der Waals surface area (Å²) in [4.78, 5) is 12.5. The van der Waals surface area contributed by atoms with Crippen molar-refractivity contribution in [3.8, 4) is 11.3 Å². The molecule has 0 bridgehead atoms. The number of amides is 1. The number of carbonyl (C=O) groups is 1. The van der Waals surface area contributed by atoms with Crippen LogP contribution in [-0.2, 0) is 0 Å². The van der Waals surface area contributed by atoms with Crippen molar-refractivity contribution in [3.05, 3.63) is 47.2 Å². The normalized spacial score (nSPS) is 10.8. The molecule has 0 aliphatic rings. The summed E-state index contributed by atoms with van der Waals surface area (Å²) in [6, 6.07) is 9.77. The van der Waals surface area contributed by atoms with Crippen molar-refractivity contribution < 1.29 is 9.21 Å². The van der Waals surface area contributed by atoms with Gasteiger partial charge in [-0.3, -0.25) is 10.1 Å². The lowest BCUT2D eigenvalue weighted by atomic mass is 10.1. The van der Waals surface area contributed by atoms with Crippen LogP contribution in [0.2, 0.25) is 0 Å². The smallest absolute Gasteiger partial charge is 0.261 e. The largest absolute Gasteiger partial charge is 0.461 e. The number of thioether (sulfide) groups is 1. The number of hydrogen-bond donors (Lipinski definition) is 1. The average molecular weight is 374 g/mol. The molecule has 0 saturated carbocycles. The minimum absolute atomic E-state index is 0.234. The fourth-order valence-corrected chi connectivity index (χ4v) is 3.91. The molecule has 25 heavy (non-hydrogen) atoms. The van der Waals surface area contributed by atoms with Crippen LogP contribution in [0.5, 0.6) is 0 Å². The van der Waals surface area contributed by atoms with Gasteiger partial charge < -0.3 is 4.42 Å². The van der Waals surface area contributed by atoms with Gasteiger partial charge in [0.2, 0.25) is 5.13 Å². The Morgan fingerprint density at radius 1 is 1.24 bits per heavy atom. The molecule has 0 aliphatic carbocycles. The highest BCUT2D eigenvalue weighted by Gasteiger charge is 2.17. The number of furan rings is 1. The van der Waals surface area contributed by atoms with Crippen LogP contribution < -0.4 is 5.32 Å². The summed E-state index contributed by atoms with van der Waals surface area (Å²) in [5, 5.41) is 11.4. The van der Waals surface area contributed by atoms with Gasteiger partial charge in [0.1, 0.15) is 11.5 Å². The quantitative estimate of drug-likeness (QED) is 0.477. The predicted molar refractivity (Wildman–Crippen MR) is 102 cm³/mol. The minimum atomic E-state index is -0.234. The van der Waals surface area contributed by atoms with Gasteiger partial charge in [-0.15, -0.1) is 10.2 Å². The van der Waals surface area contributed by atoms with Crippen LogP contribution in [-0.4, -0.2) is 21.9 Å². The Labute approximate surface area is 154 Å². The maximum absolute atomic E-state index is 12.5. The van der Waals surface area contributed by atoms with E-state index in [9.17, 15) is 4.79 Å². The Kier molecular flexibility index (Phi) is 5.55. The highest BCUT2D eigenvalue weighted by Crippen LogP contribution is 2.28. The van der Waals surface area contributed by atoms with Crippen molar-refractivity contribution in [2.45, 2.75) is 31.5 Å². The molecule has 1 aromatic carbocycles. The minimum Gasteiger partial charge on any atom is -0.461 e. The van der Waals surface area contributed by atoms with E-state index >= 15 is 0 Å². The number of rotatable bonds is 6. The summed E-state index contributed by atoms with van der Waals surface area (Å²) in [6.45, 7) is 5.93. The molecule has 1 amide bonds. The molecule has 0 saturated heterocycles. The molecule has 0 spiro atoms. The van der Waals surface area contributed by atoms with Crippen molar-refractivity contribution in [2.75, 3.05) is 11.1 Å². The van der Waals surface area contributed by atoms with E-state index in [1.807, 2.05) is 31.2 Å². The van der Waals surface area contributed by atoms with E-state index in [2.05, 4.69) is 22.4 Å². The van der Waals surface area contributed by atoms with Gasteiger partial charge >= 0.3 is 0 Å². The molecule has 1 N–H and O–H groups in total. The summed E-state index contributed by atoms with van der Waals surface area (Å²) in [7, 11) is 0. The topological polar surface area (TPSA) is 68.0 Å². The summed E-state index contributed by atoms with van der Waals surface area (Å²) < 4.78 is 6.62. The third-order valence-electron chi connectivity index (χ3n) is 3.56. The van der Waals surface area contributed by atoms with E-state index in [0.717, 1.165) is 22.1 Å². The van der Waals surface area contributed by atoms with Crippen LogP contribution in [0.4, 0.5) is 5.13 Å². The first-order chi connectivity index (χ1) is 12.1. The van der Waals surface area contributed by atoms with Crippen molar-refractivity contribution >= 4 is 34.1 Å². The summed E-state index contributed by atoms with van der Waals surface area (Å²) in [6.07, 6.45) is 1.07. The van der Waals surface area contributed by atoms with Gasteiger partial charge in [-0.2, -0.15) is 0 Å². The lowest BCUT2D eigenvalue weighted by Crippen LogP contribution is -2.11. The highest BCUT2D eigenvalue weighted by molar-refractivity contribution is 8.01. The molecule has 7 heteroatoms. The Hall–Kier alpha value is -2.12. The van der Waals surface area contributed by atoms with E-state index in [1.54, 1.807) is 24.8 Å². The molecule has 2 aromatic heterocycles. The molecule has 0 radical (unpaired) electrons. The number of hydrogen-bond acceptors (Lipinski definition) is 6. The van der Waals surface area contributed by atoms with Gasteiger partial charge in [0.15, 0.2) is 4.34 Å². The fraction of sp³-hybridized carbons (Fsp3) is 0.278. The van der Waals surface area contributed by atoms with Crippen molar-refractivity contribution in [1.29, 1.82) is 0 Å². The van der Waals surface area contributed by atoms with Gasteiger partial charge in [-0.1, -0.05) is 59.9 Å². The van der Waals surface area contributed by atoms with Crippen LogP contribution in [0.25, 0.3) is 11.3 Å². The number of anilines is 1. The van der Waals surface area contributed by atoms with E-state index in [0.29, 0.717) is 22.2 Å². The van der Waals surface area contributed by atoms with Gasteiger partial charge in [-0.25, -0.2) is 0 Å². The summed E-state index contributed by atoms with van der Waals surface area (Å²) in [5.41, 5.74) is 2.63. The van der Waals surface area contributed by atoms with Crippen LogP contribution in [0.1, 0.15) is 35.0 Å². The molecule has 2 heterocycles. The van der Waals surface area contributed by atoms with Gasteiger partial charge in [0.25, 0.3) is 5.91 Å². The zero-order chi connectivity index (χ0) is 17.8. The molecule has 0 fully saturated rings. The Balaban J connectivity index is 1.74. The van der Waals surface area contributed by atoms with Gasteiger partial charge in [0.05, 0.1) is 5.56 Å². The second-order valence-corrected chi connectivity index (χ2v) is 7.94. The maximum atomic E-state index is 12.5. The lowest BCUT2D eigenvalue weighted by Gasteiger charge is -1.98. The first-order valence-corrected chi connectivity index (χ1v) is 9.82. The molecule has 130 valence electrons. The standard InChI is InChI=1S/C18H19N3O2S2/c1-4-9-24-18-21-20-17(25-18)19-16(22)14-10-15(23-12(14)3)13-7-5-11(2)6-8-13/h5-8,10H,4,9H2,1-3H3,(H,19,20,22). The number of aryl methyl sites for hydroxylation is 2. The molecule has 0 atom stereocenters. The van der Waals surface area contributed by atoms with Crippen LogP contribution in [0.15, 0.2) is 39.1 Å². The Morgan fingerprint density at radius 2 is 2.00 bits per heavy atom. The summed E-state index contributed by atoms with van der Waals surface area (Å²) in [5.74, 6) is 2.02. The second kappa shape index (κ2) is 7.84. The molecular weight excluding hydrogens is 354 g/mol. The number of aromatic nitrogens is 2. The zero-order valence-electron chi connectivity index (χ0n) is 14.3. The zero-order valence-corrected chi connectivity index (χ0v) is 16.0. The molecular formula is C18H19N3O2S2. The predicted octanol–water partition coefficient (Wildman–Crippen LogP) is 5.17. The third-order valence-corrected chi connectivity index (χ3v) is 5.73. The SMILES string of the molecule is CCCSc1nnc(NC(=O)c2cc(-c3ccc(C)cc3)oc2C)s1. The monoisotopic (exact) mass is 373 g/mol. The number of nitrogens with zero attached hydrogens (tertiary/aromatic N) is 2. The maximum Gasteiger partial charge on any atom is 0.261 e. The first kappa shape index (κ1) is 17.7. The third kappa shape index (κ3) is 4.29. The number of carbonyl (C=O) groups excluding carboxylic acids is 1. The summed E-state index contributed by atoms with van der Waals surface area (Å²) >= 11 is 3.03. The first-order valence-electron chi connectivity index (χ1n) is 8.02. The van der Waals surface area contributed by atoms with Gasteiger partial charge in [0, 0.05) is 11.3 Å². The van der Waals surface area contributed by atoms with Crippen molar-refractivity contribution in [1.82, 2.24) is 10.2 Å². The molecule has 0 aliphatic heterocycles. The lowest BCUT2D eigenvalue weighted by molar-refractivity contribution is 0.102. The van der Waals surface area contributed by atoms with Crippen molar-refractivity contribution in [2.24, 2.45) is 0 Å². The molecule has 0 unspecified atom stereocenters. The second-order valence-electron chi connectivity index (χ2n) is 5.62. The molecule has 3 rings (SSSR count). The molecule has 3 aromatic rings. The van der Waals surface area contributed by atoms with E-state index in [-0.39, 0.29) is 5.91 Å². The van der Waals surface area contributed by atoms with Crippen LogP contribution in [0.3, 0.4) is 0 Å². The highest BCUT2D eigenvalue weighted by atomic mass is 32.2. The van der Waals surface area contributed by atoms with E-state index in [1.165, 1.54) is 16.9 Å². The van der Waals surface area contributed by atoms with Crippen LogP contribution in [0, 0.1) is 13.8 Å². The Morgan fingerprint density at radius 3 is 2.72 bits per heavy atom. The average Bonchev–Trinajstić information content (AvgIpc) is 3.20. The Bertz CT molecular complexity index is 869. The van der Waals surface area contributed by atoms with Crippen LogP contribution >= 0.6 is 23.1 Å². The number of benzene rings is 1. The number of nitrogens with one attached hydrogen (secondary N) is 1. The van der Waals surface area contributed by atoms with E-state index < -0.39 is 0 Å². The molecule has 5 nitrogen and oxygen atoms in total. The van der Waals surface area contributed by atoms with Crippen molar-refractivity contribution in [3.63, 3.8) is 0 Å². The van der Waals surface area contributed by atoms with E-state index in [4.69, 9.17) is 4.42 Å². The van der Waals surface area contributed by atoms with Gasteiger partial charge in [-0.05, 0) is 26.3 Å².